The fourth-order valence-corrected chi connectivity index (χ4v) is 0.985. The number of hydrogen-bond donors (Lipinski definition) is 1. The van der Waals surface area contributed by atoms with Crippen LogP contribution in [0.1, 0.15) is 0 Å². The largest absolute Gasteiger partial charge is 0.329 e. The van der Waals surface area contributed by atoms with Gasteiger partial charge in [-0.1, -0.05) is 13.2 Å². The van der Waals surface area contributed by atoms with E-state index < -0.39 is 17.7 Å². The van der Waals surface area contributed by atoms with Crippen LogP contribution in [-0.2, 0) is 14.4 Å². The van der Waals surface area contributed by atoms with Gasteiger partial charge in [0.05, 0.1) is 6.67 Å². The number of carbonyl (C=O) groups excluding carboxylic acids is 3. The van der Waals surface area contributed by atoms with Gasteiger partial charge in [-0.25, -0.2) is 0 Å². The molecule has 0 atom stereocenters. The molecule has 0 saturated heterocycles. The molecular weight excluding hydrogens is 234 g/mol. The lowest BCUT2D eigenvalue weighted by molar-refractivity contribution is -0.140. The van der Waals surface area contributed by atoms with E-state index in [0.29, 0.717) is 0 Å². The second-order valence-electron chi connectivity index (χ2n) is 3.58. The van der Waals surface area contributed by atoms with Gasteiger partial charge in [-0.15, -0.1) is 0 Å². The first-order valence-electron chi connectivity index (χ1n) is 5.14. The third kappa shape index (κ3) is 5.76. The van der Waals surface area contributed by atoms with Crippen molar-refractivity contribution in [2.75, 3.05) is 20.8 Å². The van der Waals surface area contributed by atoms with Crippen LogP contribution in [0.25, 0.3) is 0 Å². The van der Waals surface area contributed by atoms with Crippen molar-refractivity contribution in [1.29, 1.82) is 0 Å². The van der Waals surface area contributed by atoms with Crippen molar-refractivity contribution in [3.63, 3.8) is 0 Å². The van der Waals surface area contributed by atoms with E-state index in [4.69, 9.17) is 0 Å². The summed E-state index contributed by atoms with van der Waals surface area (Å²) in [6.45, 7) is 6.71. The molecule has 0 aliphatic rings. The van der Waals surface area contributed by atoms with E-state index in [1.54, 1.807) is 19.0 Å². The molecule has 0 spiro atoms. The van der Waals surface area contributed by atoms with Gasteiger partial charge in [-0.05, 0) is 26.2 Å². The van der Waals surface area contributed by atoms with Gasteiger partial charge in [-0.3, -0.25) is 24.2 Å². The van der Waals surface area contributed by atoms with E-state index in [1.807, 2.05) is 0 Å². The van der Waals surface area contributed by atoms with Crippen molar-refractivity contribution in [3.8, 4) is 0 Å². The Morgan fingerprint density at radius 3 is 2.17 bits per heavy atom. The lowest BCUT2D eigenvalue weighted by Crippen LogP contribution is -2.41. The van der Waals surface area contributed by atoms with Crippen LogP contribution in [-0.4, -0.2) is 48.3 Å². The fraction of sp³-hybridized carbons (Fsp3) is 0.250. The summed E-state index contributed by atoms with van der Waals surface area (Å²) in [5.41, 5.74) is 0. The normalized spacial score (nSPS) is 10.2. The molecule has 3 amide bonds. The standard InChI is InChI=1S/C12H17N3O3/c1-5-10(16)13-8-7-12(18)15(9-14(3)4)11(17)6-2/h5-8H,1-2,9H2,3-4H3,(H,13,16). The van der Waals surface area contributed by atoms with Crippen molar-refractivity contribution < 1.29 is 14.4 Å². The molecule has 0 saturated carbocycles. The minimum absolute atomic E-state index is 0.128. The average Bonchev–Trinajstić information content (AvgIpc) is 2.34. The van der Waals surface area contributed by atoms with Crippen LogP contribution in [0, 0.1) is 0 Å². The molecule has 6 nitrogen and oxygen atoms in total. The first kappa shape index (κ1) is 15.8. The van der Waals surface area contributed by atoms with Crippen molar-refractivity contribution in [2.45, 2.75) is 0 Å². The molecule has 0 aliphatic carbocycles. The average molecular weight is 251 g/mol. The monoisotopic (exact) mass is 251 g/mol. The molecule has 6 heteroatoms. The first-order valence-corrected chi connectivity index (χ1v) is 5.14. The first-order chi connectivity index (χ1) is 8.42. The summed E-state index contributed by atoms with van der Waals surface area (Å²) < 4.78 is 0. The third-order valence-electron chi connectivity index (χ3n) is 1.77. The van der Waals surface area contributed by atoms with E-state index in [1.165, 1.54) is 0 Å². The highest BCUT2D eigenvalue weighted by Crippen LogP contribution is 1.95. The zero-order valence-corrected chi connectivity index (χ0v) is 10.5. The Morgan fingerprint density at radius 2 is 1.72 bits per heavy atom. The second kappa shape index (κ2) is 7.97. The van der Waals surface area contributed by atoms with Gasteiger partial charge < -0.3 is 5.32 Å². The van der Waals surface area contributed by atoms with E-state index in [2.05, 4.69) is 18.5 Å². The number of nitrogens with one attached hydrogen (secondary N) is 1. The lowest BCUT2D eigenvalue weighted by atomic mass is 10.4. The maximum atomic E-state index is 11.7. The number of carbonyl (C=O) groups is 3. The van der Waals surface area contributed by atoms with Gasteiger partial charge in [0.25, 0.3) is 11.8 Å². The Kier molecular flexibility index (Phi) is 6.99. The number of amides is 3. The van der Waals surface area contributed by atoms with Crippen molar-refractivity contribution in [2.24, 2.45) is 0 Å². The molecule has 0 aromatic carbocycles. The SMILES string of the molecule is C=CC(=O)NC=CC(=O)N(CN(C)C)C(=O)C=C. The van der Waals surface area contributed by atoms with E-state index in [0.717, 1.165) is 29.3 Å². The Balaban J connectivity index is 4.65. The van der Waals surface area contributed by atoms with Crippen LogP contribution in [0.15, 0.2) is 37.6 Å². The summed E-state index contributed by atoms with van der Waals surface area (Å²) in [7, 11) is 3.44. The van der Waals surface area contributed by atoms with Crippen molar-refractivity contribution >= 4 is 17.7 Å². The Labute approximate surface area is 106 Å². The van der Waals surface area contributed by atoms with Gasteiger partial charge in [-0.2, -0.15) is 0 Å². The topological polar surface area (TPSA) is 69.7 Å². The molecule has 0 bridgehead atoms. The van der Waals surface area contributed by atoms with Gasteiger partial charge in [0.15, 0.2) is 0 Å². The zero-order valence-electron chi connectivity index (χ0n) is 10.5. The molecule has 0 radical (unpaired) electrons. The smallest absolute Gasteiger partial charge is 0.255 e. The highest BCUT2D eigenvalue weighted by atomic mass is 16.2. The number of rotatable bonds is 6. The Hall–Kier alpha value is -2.21. The van der Waals surface area contributed by atoms with Gasteiger partial charge in [0, 0.05) is 12.3 Å². The highest BCUT2D eigenvalue weighted by Gasteiger charge is 2.17. The highest BCUT2D eigenvalue weighted by molar-refractivity contribution is 6.05. The number of nitrogens with zero attached hydrogens (tertiary/aromatic N) is 2. The zero-order chi connectivity index (χ0) is 14.1. The molecule has 0 rings (SSSR count). The molecule has 98 valence electrons. The summed E-state index contributed by atoms with van der Waals surface area (Å²) in [6, 6.07) is 0. The van der Waals surface area contributed by atoms with Crippen LogP contribution in [0.4, 0.5) is 0 Å². The summed E-state index contributed by atoms with van der Waals surface area (Å²) in [5, 5.41) is 2.29. The fourth-order valence-electron chi connectivity index (χ4n) is 0.985. The van der Waals surface area contributed by atoms with Gasteiger partial charge in [0.1, 0.15) is 0 Å². The maximum absolute atomic E-state index is 11.7. The molecule has 18 heavy (non-hydrogen) atoms. The number of imide groups is 1. The molecule has 0 unspecified atom stereocenters. The van der Waals surface area contributed by atoms with E-state index >= 15 is 0 Å². The molecule has 0 aromatic rings. The summed E-state index contributed by atoms with van der Waals surface area (Å²) in [4.78, 5) is 36.7. The minimum atomic E-state index is -0.544. The molecule has 1 N–H and O–H groups in total. The molecular formula is C12H17N3O3. The molecule has 0 aliphatic heterocycles. The van der Waals surface area contributed by atoms with E-state index in [-0.39, 0.29) is 6.67 Å². The third-order valence-corrected chi connectivity index (χ3v) is 1.77. The van der Waals surface area contributed by atoms with Crippen molar-refractivity contribution in [3.05, 3.63) is 37.6 Å². The Bertz CT molecular complexity index is 386. The molecule has 0 heterocycles. The summed E-state index contributed by atoms with van der Waals surface area (Å²) in [5.74, 6) is -1.49. The van der Waals surface area contributed by atoms with Crippen LogP contribution < -0.4 is 5.32 Å². The Morgan fingerprint density at radius 1 is 1.11 bits per heavy atom. The minimum Gasteiger partial charge on any atom is -0.329 e. The number of hydrogen-bond acceptors (Lipinski definition) is 4. The summed E-state index contributed by atoms with van der Waals surface area (Å²) in [6.07, 6.45) is 4.37. The van der Waals surface area contributed by atoms with Gasteiger partial charge in [0.2, 0.25) is 5.91 Å². The predicted octanol–water partition coefficient (Wildman–Crippen LogP) is -0.137. The quantitative estimate of drug-likeness (QED) is 0.527. The van der Waals surface area contributed by atoms with Crippen molar-refractivity contribution in [1.82, 2.24) is 15.1 Å². The second-order valence-corrected chi connectivity index (χ2v) is 3.58. The lowest BCUT2D eigenvalue weighted by Gasteiger charge is -2.21. The van der Waals surface area contributed by atoms with Crippen LogP contribution in [0.5, 0.6) is 0 Å². The predicted molar refractivity (Wildman–Crippen MR) is 68.1 cm³/mol. The van der Waals surface area contributed by atoms with Crippen LogP contribution in [0.3, 0.4) is 0 Å². The van der Waals surface area contributed by atoms with Crippen LogP contribution in [0.2, 0.25) is 0 Å². The van der Waals surface area contributed by atoms with E-state index in [9.17, 15) is 14.4 Å². The maximum Gasteiger partial charge on any atom is 0.255 e. The molecule has 0 aromatic heterocycles. The molecule has 0 fully saturated rings. The summed E-state index contributed by atoms with van der Waals surface area (Å²) >= 11 is 0. The van der Waals surface area contributed by atoms with Gasteiger partial charge >= 0.3 is 0 Å². The van der Waals surface area contributed by atoms with Crippen LogP contribution >= 0.6 is 0 Å².